The van der Waals surface area contributed by atoms with E-state index in [1.54, 1.807) is 42.5 Å². The Balaban J connectivity index is 1.36. The maximum atomic E-state index is 12.8. The van der Waals surface area contributed by atoms with Crippen LogP contribution >= 0.6 is 11.8 Å². The molecule has 0 unspecified atom stereocenters. The van der Waals surface area contributed by atoms with Crippen LogP contribution in [0.25, 0.3) is 16.8 Å². The molecule has 0 radical (unpaired) electrons. The minimum Gasteiger partial charge on any atom is -0.379 e. The van der Waals surface area contributed by atoms with Crippen molar-refractivity contribution in [2.75, 3.05) is 0 Å². The summed E-state index contributed by atoms with van der Waals surface area (Å²) >= 11 is 1.22. The Morgan fingerprint density at radius 1 is 0.824 bits per heavy atom. The average molecular weight is 487 g/mol. The number of hydrogen-bond acceptors (Lipinski definition) is 6. The normalized spacial score (nSPS) is 16.2. The summed E-state index contributed by atoms with van der Waals surface area (Å²) in [4.78, 5) is 17.3. The Hall–Kier alpha value is -3.88. The number of fused-ring (bicyclic) bond motifs is 1. The average Bonchev–Trinajstić information content (AvgIpc) is 3.17. The van der Waals surface area contributed by atoms with Crippen molar-refractivity contribution in [2.45, 2.75) is 4.90 Å². The third-order valence-electron chi connectivity index (χ3n) is 5.01. The first kappa shape index (κ1) is 21.9. The fourth-order valence-corrected chi connectivity index (χ4v) is 5.21. The fraction of sp³-hybridized carbons (Fsp3) is 0. The van der Waals surface area contributed by atoms with Crippen LogP contribution < -0.4 is 9.50 Å². The first-order chi connectivity index (χ1) is 16.5. The van der Waals surface area contributed by atoms with E-state index in [1.165, 1.54) is 17.8 Å². The van der Waals surface area contributed by atoms with Crippen LogP contribution in [0.15, 0.2) is 112 Å². The van der Waals surface area contributed by atoms with Crippen LogP contribution in [0, 0.1) is 0 Å². The van der Waals surface area contributed by atoms with Gasteiger partial charge in [0.15, 0.2) is 5.17 Å². The van der Waals surface area contributed by atoms with Crippen LogP contribution in [0.1, 0.15) is 5.56 Å². The molecule has 1 aliphatic rings. The van der Waals surface area contributed by atoms with Gasteiger partial charge in [-0.25, -0.2) is 4.99 Å². The highest BCUT2D eigenvalue weighted by molar-refractivity contribution is 8.18. The third kappa shape index (κ3) is 4.88. The molecular formula is C26H18N2O4S2. The number of aliphatic imine (C=N–C) groups is 1. The summed E-state index contributed by atoms with van der Waals surface area (Å²) in [6.07, 6.45) is 1.67. The number of carbonyl (C=O) groups is 1. The van der Waals surface area contributed by atoms with Crippen LogP contribution in [-0.4, -0.2) is 19.5 Å². The smallest absolute Gasteiger partial charge is 0.339 e. The first-order valence-electron chi connectivity index (χ1n) is 10.3. The molecule has 168 valence electrons. The molecule has 0 saturated carbocycles. The predicted molar refractivity (Wildman–Crippen MR) is 135 cm³/mol. The molecule has 4 aromatic carbocycles. The number of carbonyl (C=O) groups excluding carboxylic acids is 1. The highest BCUT2D eigenvalue weighted by atomic mass is 32.2. The number of amides is 1. The highest BCUT2D eigenvalue weighted by Gasteiger charge is 2.24. The topological polar surface area (TPSA) is 84.8 Å². The number of nitrogens with one attached hydrogen (secondary N) is 1. The monoisotopic (exact) mass is 486 g/mol. The van der Waals surface area contributed by atoms with Crippen molar-refractivity contribution in [3.05, 3.63) is 108 Å². The number of nitrogens with zero attached hydrogens (tertiary/aromatic N) is 1. The molecule has 1 heterocycles. The number of para-hydroxylation sites is 1. The van der Waals surface area contributed by atoms with Gasteiger partial charge in [0.05, 0.1) is 10.6 Å². The van der Waals surface area contributed by atoms with Gasteiger partial charge < -0.3 is 9.50 Å². The third-order valence-corrected chi connectivity index (χ3v) is 7.16. The molecule has 5 rings (SSSR count). The van der Waals surface area contributed by atoms with Crippen molar-refractivity contribution in [3.8, 4) is 5.75 Å². The summed E-state index contributed by atoms with van der Waals surface area (Å²) in [6, 6.07) is 28.3. The number of hydrogen-bond donors (Lipinski definition) is 1. The van der Waals surface area contributed by atoms with Gasteiger partial charge in [-0.1, -0.05) is 60.7 Å². The number of rotatable bonds is 5. The van der Waals surface area contributed by atoms with E-state index in [4.69, 9.17) is 4.18 Å². The molecule has 1 fully saturated rings. The van der Waals surface area contributed by atoms with Gasteiger partial charge in [0.1, 0.15) is 10.6 Å². The Bertz CT molecular complexity index is 1560. The Morgan fingerprint density at radius 2 is 1.59 bits per heavy atom. The van der Waals surface area contributed by atoms with Gasteiger partial charge >= 0.3 is 10.1 Å². The van der Waals surface area contributed by atoms with Gasteiger partial charge in [-0.15, -0.1) is 0 Å². The zero-order chi connectivity index (χ0) is 23.5. The number of thioether (sulfide) groups is 1. The van der Waals surface area contributed by atoms with E-state index in [2.05, 4.69) is 10.3 Å². The molecule has 0 aliphatic carbocycles. The zero-order valence-corrected chi connectivity index (χ0v) is 19.3. The van der Waals surface area contributed by atoms with Gasteiger partial charge in [-0.2, -0.15) is 8.42 Å². The first-order valence-corrected chi connectivity index (χ1v) is 12.6. The second kappa shape index (κ2) is 9.17. The summed E-state index contributed by atoms with van der Waals surface area (Å²) < 4.78 is 31.1. The van der Waals surface area contributed by atoms with Crippen LogP contribution in [0.3, 0.4) is 0 Å². The molecule has 0 bridgehead atoms. The standard InChI is InChI=1S/C26H18N2O4S2/c29-25-24(33-26(28-25)27-21-10-2-1-3-11-21)16-18-7-6-12-22(15-18)32-34(30,31)23-14-13-19-8-4-5-9-20(19)17-23/h1-17H,(H,27,28,29)/b24-16-. The molecule has 6 nitrogen and oxygen atoms in total. The second-order valence-corrected chi connectivity index (χ2v) is 10.0. The lowest BCUT2D eigenvalue weighted by Crippen LogP contribution is -2.19. The van der Waals surface area contributed by atoms with E-state index in [0.29, 0.717) is 15.6 Å². The molecule has 4 aromatic rings. The van der Waals surface area contributed by atoms with E-state index in [9.17, 15) is 13.2 Å². The Morgan fingerprint density at radius 3 is 2.41 bits per heavy atom. The minimum atomic E-state index is -4.03. The van der Waals surface area contributed by atoms with E-state index < -0.39 is 10.1 Å². The van der Waals surface area contributed by atoms with Gasteiger partial charge in [-0.05, 0) is 70.6 Å². The molecular weight excluding hydrogens is 468 g/mol. The molecule has 1 aliphatic heterocycles. The number of amidine groups is 1. The summed E-state index contributed by atoms with van der Waals surface area (Å²) in [5, 5.41) is 4.97. The second-order valence-electron chi connectivity index (χ2n) is 7.44. The van der Waals surface area contributed by atoms with Gasteiger partial charge in [0.25, 0.3) is 5.91 Å². The van der Waals surface area contributed by atoms with Crippen molar-refractivity contribution in [1.29, 1.82) is 0 Å². The summed E-state index contributed by atoms with van der Waals surface area (Å²) in [5.41, 5.74) is 1.37. The van der Waals surface area contributed by atoms with E-state index in [-0.39, 0.29) is 16.6 Å². The molecule has 1 amide bonds. The molecule has 1 N–H and O–H groups in total. The summed E-state index contributed by atoms with van der Waals surface area (Å²) in [6.45, 7) is 0. The minimum absolute atomic E-state index is 0.0717. The van der Waals surface area contributed by atoms with Crippen molar-refractivity contribution in [1.82, 2.24) is 5.32 Å². The highest BCUT2D eigenvalue weighted by Crippen LogP contribution is 2.29. The summed E-state index contributed by atoms with van der Waals surface area (Å²) in [5.74, 6) is -0.112. The van der Waals surface area contributed by atoms with Gasteiger partial charge in [-0.3, -0.25) is 4.79 Å². The van der Waals surface area contributed by atoms with E-state index >= 15 is 0 Å². The summed E-state index contributed by atoms with van der Waals surface area (Å²) in [7, 11) is -4.03. The molecule has 8 heteroatoms. The van der Waals surface area contributed by atoms with Crippen LogP contribution in [0.4, 0.5) is 5.69 Å². The predicted octanol–water partition coefficient (Wildman–Crippen LogP) is 5.50. The lowest BCUT2D eigenvalue weighted by atomic mass is 10.1. The molecule has 0 aromatic heterocycles. The fourth-order valence-electron chi connectivity index (χ4n) is 3.41. The van der Waals surface area contributed by atoms with E-state index in [0.717, 1.165) is 16.5 Å². The SMILES string of the molecule is O=C1NC(=Nc2ccccc2)S/C1=C\c1cccc(OS(=O)(=O)c2ccc3ccccc3c2)c1. The Kier molecular flexibility index (Phi) is 5.91. The molecule has 34 heavy (non-hydrogen) atoms. The van der Waals surface area contributed by atoms with Crippen molar-refractivity contribution < 1.29 is 17.4 Å². The van der Waals surface area contributed by atoms with Gasteiger partial charge in [0.2, 0.25) is 0 Å². The maximum absolute atomic E-state index is 12.8. The Labute approximate surface area is 201 Å². The largest absolute Gasteiger partial charge is 0.379 e. The van der Waals surface area contributed by atoms with Gasteiger partial charge in [0, 0.05) is 0 Å². The molecule has 1 saturated heterocycles. The van der Waals surface area contributed by atoms with E-state index in [1.807, 2.05) is 54.6 Å². The number of benzene rings is 4. The van der Waals surface area contributed by atoms with Crippen LogP contribution in [0.5, 0.6) is 5.75 Å². The lowest BCUT2D eigenvalue weighted by Gasteiger charge is -2.08. The molecule has 0 atom stereocenters. The van der Waals surface area contributed by atoms with Crippen LogP contribution in [0.2, 0.25) is 0 Å². The van der Waals surface area contributed by atoms with Crippen molar-refractivity contribution in [3.63, 3.8) is 0 Å². The quantitative estimate of drug-likeness (QED) is 0.297. The molecule has 0 spiro atoms. The zero-order valence-electron chi connectivity index (χ0n) is 17.7. The van der Waals surface area contributed by atoms with Crippen LogP contribution in [-0.2, 0) is 14.9 Å². The van der Waals surface area contributed by atoms with Crippen molar-refractivity contribution >= 4 is 55.5 Å². The van der Waals surface area contributed by atoms with Crippen molar-refractivity contribution in [2.24, 2.45) is 4.99 Å². The lowest BCUT2D eigenvalue weighted by molar-refractivity contribution is -0.115. The maximum Gasteiger partial charge on any atom is 0.339 e.